The molecule has 0 heterocycles. The minimum atomic E-state index is -0.599. The third-order valence-electron chi connectivity index (χ3n) is 5.78. The summed E-state index contributed by atoms with van der Waals surface area (Å²) in [6, 6.07) is 9.20. The Bertz CT molecular complexity index is 452. The van der Waals surface area contributed by atoms with Gasteiger partial charge < -0.3 is 5.48 Å². The van der Waals surface area contributed by atoms with E-state index in [4.69, 9.17) is 0 Å². The second kappa shape index (κ2) is 11.6. The van der Waals surface area contributed by atoms with Crippen molar-refractivity contribution in [2.45, 2.75) is 76.8 Å². The van der Waals surface area contributed by atoms with E-state index < -0.39 is 6.17 Å². The summed E-state index contributed by atoms with van der Waals surface area (Å²) < 4.78 is 23.3. The van der Waals surface area contributed by atoms with Gasteiger partial charge in [-0.2, -0.15) is 0 Å². The van der Waals surface area contributed by atoms with Crippen molar-refractivity contribution in [3.8, 4) is 0 Å². The third kappa shape index (κ3) is 6.67. The topological polar surface area (TPSA) is 61.5 Å². The maximum atomic E-state index is 13.8. The molecule has 3 unspecified atom stereocenters. The molecule has 3 atom stereocenters. The maximum absolute atomic E-state index is 13.8. The van der Waals surface area contributed by atoms with Crippen molar-refractivity contribution in [1.29, 1.82) is 0 Å². The van der Waals surface area contributed by atoms with Crippen LogP contribution >= 0.6 is 0 Å². The van der Waals surface area contributed by atoms with Crippen LogP contribution in [0.15, 0.2) is 24.3 Å². The minimum absolute atomic E-state index is 0. The van der Waals surface area contributed by atoms with Crippen LogP contribution in [-0.4, -0.2) is 24.3 Å². The van der Waals surface area contributed by atoms with Crippen LogP contribution in [0.3, 0.4) is 0 Å². The Balaban J connectivity index is 0. The predicted molar refractivity (Wildman–Crippen MR) is 102 cm³/mol. The molecule has 25 heavy (non-hydrogen) atoms. The molecule has 0 aliphatic heterocycles. The number of alkyl halides is 2. The van der Waals surface area contributed by atoms with Crippen LogP contribution in [0.25, 0.3) is 0 Å². The molecule has 1 aromatic rings. The fourth-order valence-electron chi connectivity index (χ4n) is 4.43. The minimum Gasteiger partial charge on any atom is -0.412 e. The van der Waals surface area contributed by atoms with Gasteiger partial charge in [0, 0.05) is 1.43 Å². The summed E-state index contributed by atoms with van der Waals surface area (Å²) in [7, 11) is 0.500. The largest absolute Gasteiger partial charge is 0.412 e. The Morgan fingerprint density at radius 2 is 1.24 bits per heavy atom. The van der Waals surface area contributed by atoms with Gasteiger partial charge >= 0.3 is 0 Å². The van der Waals surface area contributed by atoms with Crippen molar-refractivity contribution >= 4 is 0 Å². The van der Waals surface area contributed by atoms with Crippen molar-refractivity contribution in [1.82, 2.24) is 0 Å². The summed E-state index contributed by atoms with van der Waals surface area (Å²) in [6.07, 6.45) is 7.46. The number of hydrogen-bond acceptors (Lipinski definition) is 0. The summed E-state index contributed by atoms with van der Waals surface area (Å²) in [5.74, 6) is 2.63. The zero-order valence-electron chi connectivity index (χ0n) is 15.8. The molecule has 0 spiro atoms. The molecule has 2 nitrogen and oxygen atoms in total. The van der Waals surface area contributed by atoms with Gasteiger partial charge in [0.15, 0.2) is 0 Å². The summed E-state index contributed by atoms with van der Waals surface area (Å²) in [5.41, 5.74) is 2.86. The maximum Gasteiger partial charge on any atom is 0.101 e. The highest BCUT2D eigenvalue weighted by molar-refractivity contribution is 5.28. The van der Waals surface area contributed by atoms with Crippen molar-refractivity contribution in [3.63, 3.8) is 0 Å². The van der Waals surface area contributed by atoms with Crippen LogP contribution in [0.1, 0.15) is 83.2 Å². The standard InChI is InChI=1S/C20H29F.CH3F.H2O.HO.H2/c1-14-3-5-16(6-4-14)17-7-9-18(10-8-17)19-11-15(2)12-20(21)13-19;1-2;;;/h7-10,14-16,19-20H,3-6,11-13H2,1-2H3;1H3;1H2;2*1H. The van der Waals surface area contributed by atoms with E-state index in [1.165, 1.54) is 36.8 Å². The molecule has 3 rings (SSSR count). The van der Waals surface area contributed by atoms with E-state index in [9.17, 15) is 8.78 Å². The van der Waals surface area contributed by atoms with Gasteiger partial charge in [0.2, 0.25) is 0 Å². The van der Waals surface area contributed by atoms with Crippen LogP contribution in [0.5, 0.6) is 0 Å². The first kappa shape index (κ1) is 24.0. The Labute approximate surface area is 153 Å². The zero-order valence-corrected chi connectivity index (χ0v) is 15.8. The first-order valence-corrected chi connectivity index (χ1v) is 9.23. The number of rotatable bonds is 2. The first-order chi connectivity index (χ1) is 11.1. The van der Waals surface area contributed by atoms with E-state index in [1.54, 1.807) is 0 Å². The molecule has 2 aliphatic carbocycles. The smallest absolute Gasteiger partial charge is 0.101 e. The van der Waals surface area contributed by atoms with Crippen LogP contribution < -0.4 is 0 Å². The highest BCUT2D eigenvalue weighted by Gasteiger charge is 2.27. The summed E-state index contributed by atoms with van der Waals surface area (Å²) >= 11 is 0. The van der Waals surface area contributed by atoms with Crippen LogP contribution in [0, 0.1) is 11.8 Å². The van der Waals surface area contributed by atoms with Gasteiger partial charge in [0.05, 0.1) is 7.18 Å². The molecule has 2 fully saturated rings. The Morgan fingerprint density at radius 1 is 0.760 bits per heavy atom. The van der Waals surface area contributed by atoms with E-state index in [2.05, 4.69) is 38.1 Å². The van der Waals surface area contributed by atoms with E-state index >= 15 is 0 Å². The lowest BCUT2D eigenvalue weighted by atomic mass is 9.76. The summed E-state index contributed by atoms with van der Waals surface area (Å²) in [5, 5.41) is 0. The van der Waals surface area contributed by atoms with Crippen molar-refractivity contribution in [2.24, 2.45) is 11.8 Å². The van der Waals surface area contributed by atoms with Gasteiger partial charge in [0.25, 0.3) is 0 Å². The quantitative estimate of drug-likeness (QED) is 0.668. The van der Waals surface area contributed by atoms with Gasteiger partial charge in [0.1, 0.15) is 6.17 Å². The second-order valence-electron chi connectivity index (χ2n) is 7.73. The van der Waals surface area contributed by atoms with Crippen molar-refractivity contribution in [3.05, 3.63) is 35.4 Å². The second-order valence-corrected chi connectivity index (χ2v) is 7.73. The van der Waals surface area contributed by atoms with E-state index in [1.807, 2.05) is 0 Å². The average Bonchev–Trinajstić information content (AvgIpc) is 2.57. The van der Waals surface area contributed by atoms with E-state index in [0.717, 1.165) is 31.1 Å². The number of benzene rings is 1. The monoisotopic (exact) mass is 359 g/mol. The van der Waals surface area contributed by atoms with E-state index in [0.29, 0.717) is 19.0 Å². The molecular weight excluding hydrogens is 322 g/mol. The molecule has 0 amide bonds. The zero-order chi connectivity index (χ0) is 16.8. The molecule has 0 aromatic heterocycles. The lowest BCUT2D eigenvalue weighted by molar-refractivity contribution is 0.188. The third-order valence-corrected chi connectivity index (χ3v) is 5.78. The summed E-state index contributed by atoms with van der Waals surface area (Å²) in [6.45, 7) is 4.56. The molecule has 147 valence electrons. The first-order valence-electron chi connectivity index (χ1n) is 9.23. The van der Waals surface area contributed by atoms with Gasteiger partial charge in [-0.05, 0) is 66.9 Å². The highest BCUT2D eigenvalue weighted by Crippen LogP contribution is 2.39. The van der Waals surface area contributed by atoms with Crippen molar-refractivity contribution < 1.29 is 21.2 Å². The Kier molecular flexibility index (Phi) is 11.1. The SMILES string of the molecule is CC1CCC(c2ccc(C3CC(C)CC(F)C3)cc2)CC1.CF.O.[HH].[OH]. The van der Waals surface area contributed by atoms with E-state index in [-0.39, 0.29) is 12.4 Å². The summed E-state index contributed by atoms with van der Waals surface area (Å²) in [4.78, 5) is 0. The van der Waals surface area contributed by atoms with Gasteiger partial charge in [-0.15, -0.1) is 0 Å². The fraction of sp³-hybridized carbons (Fsp3) is 0.714. The Hall–Kier alpha value is -1.00. The molecule has 0 bridgehead atoms. The van der Waals surface area contributed by atoms with Gasteiger partial charge in [-0.25, -0.2) is 4.39 Å². The molecule has 0 saturated heterocycles. The lowest BCUT2D eigenvalue weighted by Crippen LogP contribution is -2.21. The van der Waals surface area contributed by atoms with Crippen LogP contribution in [-0.2, 0) is 0 Å². The molecule has 1 aromatic carbocycles. The van der Waals surface area contributed by atoms with Gasteiger partial charge in [-0.3, -0.25) is 9.87 Å². The molecule has 3 N–H and O–H groups in total. The number of hydrogen-bond donors (Lipinski definition) is 1. The normalized spacial score (nSPS) is 31.6. The molecule has 4 heteroatoms. The fourth-order valence-corrected chi connectivity index (χ4v) is 4.43. The van der Waals surface area contributed by atoms with Crippen LogP contribution in [0.2, 0.25) is 0 Å². The molecule has 2 aliphatic rings. The van der Waals surface area contributed by atoms with Crippen molar-refractivity contribution in [2.75, 3.05) is 7.18 Å². The lowest BCUT2D eigenvalue weighted by Gasteiger charge is -2.30. The predicted octanol–water partition coefficient (Wildman–Crippen LogP) is 6.05. The Morgan fingerprint density at radius 3 is 1.72 bits per heavy atom. The highest BCUT2D eigenvalue weighted by atomic mass is 19.1. The molecule has 1 radical (unpaired) electrons. The number of halogens is 2. The molecular formula is C21H37F2O2. The molecule has 2 saturated carbocycles. The van der Waals surface area contributed by atoms with Crippen LogP contribution in [0.4, 0.5) is 8.78 Å². The van der Waals surface area contributed by atoms with Gasteiger partial charge in [-0.1, -0.05) is 51.0 Å². The average molecular weight is 360 g/mol.